The number of rotatable bonds is 4. The van der Waals surface area contributed by atoms with Crippen molar-refractivity contribution in [3.8, 4) is 0 Å². The number of hydrogen-bond acceptors (Lipinski definition) is 2. The second-order valence-corrected chi connectivity index (χ2v) is 4.38. The zero-order chi connectivity index (χ0) is 12.4. The van der Waals surface area contributed by atoms with E-state index in [2.05, 4.69) is 6.92 Å². The summed E-state index contributed by atoms with van der Waals surface area (Å²) >= 11 is 0. The Morgan fingerprint density at radius 2 is 2.18 bits per heavy atom. The van der Waals surface area contributed by atoms with Gasteiger partial charge in [0.1, 0.15) is 11.9 Å². The largest absolute Gasteiger partial charge is 0.316 e. The molecule has 0 aliphatic carbocycles. The molecule has 1 aliphatic rings. The maximum Gasteiger partial charge on any atom is 0.248 e. The average molecular weight is 236 g/mol. The predicted molar refractivity (Wildman–Crippen MR) is 65.2 cm³/mol. The van der Waals surface area contributed by atoms with E-state index in [1.807, 2.05) is 0 Å². The maximum absolute atomic E-state index is 13.1. The SMILES string of the molecule is CCCCCN1C(=O)C(N)c2cc(F)ccc21. The van der Waals surface area contributed by atoms with E-state index in [4.69, 9.17) is 5.73 Å². The first-order chi connectivity index (χ1) is 8.15. The van der Waals surface area contributed by atoms with Crippen LogP contribution in [-0.4, -0.2) is 12.5 Å². The Hall–Kier alpha value is -1.42. The van der Waals surface area contributed by atoms with Gasteiger partial charge >= 0.3 is 0 Å². The van der Waals surface area contributed by atoms with Crippen LogP contribution in [0.1, 0.15) is 37.8 Å². The summed E-state index contributed by atoms with van der Waals surface area (Å²) in [6.45, 7) is 2.78. The fourth-order valence-corrected chi connectivity index (χ4v) is 2.19. The molecule has 1 unspecified atom stereocenters. The summed E-state index contributed by atoms with van der Waals surface area (Å²) in [5.74, 6) is -0.468. The lowest BCUT2D eigenvalue weighted by atomic mass is 10.1. The summed E-state index contributed by atoms with van der Waals surface area (Å²) < 4.78 is 13.1. The molecule has 1 aromatic carbocycles. The molecule has 17 heavy (non-hydrogen) atoms. The normalized spacial score (nSPS) is 18.6. The van der Waals surface area contributed by atoms with Crippen molar-refractivity contribution in [2.24, 2.45) is 5.73 Å². The van der Waals surface area contributed by atoms with Crippen LogP contribution in [-0.2, 0) is 4.79 Å². The second kappa shape index (κ2) is 4.84. The molecule has 2 rings (SSSR count). The zero-order valence-corrected chi connectivity index (χ0v) is 9.95. The highest BCUT2D eigenvalue weighted by molar-refractivity contribution is 6.04. The van der Waals surface area contributed by atoms with Gasteiger partial charge in [0.25, 0.3) is 0 Å². The number of nitrogens with zero attached hydrogens (tertiary/aromatic N) is 1. The van der Waals surface area contributed by atoms with Gasteiger partial charge in [-0.2, -0.15) is 0 Å². The van der Waals surface area contributed by atoms with Crippen molar-refractivity contribution in [1.82, 2.24) is 0 Å². The highest BCUT2D eigenvalue weighted by atomic mass is 19.1. The molecule has 0 aromatic heterocycles. The van der Waals surface area contributed by atoms with E-state index in [1.165, 1.54) is 12.1 Å². The van der Waals surface area contributed by atoms with Crippen molar-refractivity contribution >= 4 is 11.6 Å². The van der Waals surface area contributed by atoms with E-state index in [1.54, 1.807) is 11.0 Å². The molecule has 2 N–H and O–H groups in total. The quantitative estimate of drug-likeness (QED) is 0.816. The van der Waals surface area contributed by atoms with Gasteiger partial charge in [-0.15, -0.1) is 0 Å². The van der Waals surface area contributed by atoms with Gasteiger partial charge in [-0.3, -0.25) is 4.79 Å². The van der Waals surface area contributed by atoms with Gasteiger partial charge in [0.05, 0.1) is 0 Å². The number of carbonyl (C=O) groups excluding carboxylic acids is 1. The van der Waals surface area contributed by atoms with Crippen LogP contribution in [0.25, 0.3) is 0 Å². The van der Waals surface area contributed by atoms with E-state index in [-0.39, 0.29) is 11.7 Å². The van der Waals surface area contributed by atoms with Crippen LogP contribution in [0.5, 0.6) is 0 Å². The Bertz CT molecular complexity index is 433. The molecule has 4 heteroatoms. The second-order valence-electron chi connectivity index (χ2n) is 4.38. The summed E-state index contributed by atoms with van der Waals surface area (Å²) in [6.07, 6.45) is 3.13. The molecule has 0 radical (unpaired) electrons. The fraction of sp³-hybridized carbons (Fsp3) is 0.462. The first kappa shape index (κ1) is 12.0. The average Bonchev–Trinajstić information content (AvgIpc) is 2.54. The van der Waals surface area contributed by atoms with Crippen LogP contribution < -0.4 is 10.6 Å². The smallest absolute Gasteiger partial charge is 0.248 e. The highest BCUT2D eigenvalue weighted by Gasteiger charge is 2.34. The molecule has 0 bridgehead atoms. The minimum Gasteiger partial charge on any atom is -0.316 e. The van der Waals surface area contributed by atoms with Gasteiger partial charge in [0.15, 0.2) is 0 Å². The minimum atomic E-state index is -0.706. The standard InChI is InChI=1S/C13H17FN2O/c1-2-3-4-7-16-11-6-5-9(14)8-10(11)12(15)13(16)17/h5-6,8,12H,2-4,7,15H2,1H3. The summed E-state index contributed by atoms with van der Waals surface area (Å²) in [7, 11) is 0. The molecule has 0 spiro atoms. The molecule has 0 fully saturated rings. The van der Waals surface area contributed by atoms with E-state index in [0.29, 0.717) is 12.1 Å². The zero-order valence-electron chi connectivity index (χ0n) is 9.95. The monoisotopic (exact) mass is 236 g/mol. The molecule has 1 heterocycles. The summed E-state index contributed by atoms with van der Waals surface area (Å²) in [5, 5.41) is 0. The van der Waals surface area contributed by atoms with E-state index in [0.717, 1.165) is 24.9 Å². The molecule has 0 saturated heterocycles. The fourth-order valence-electron chi connectivity index (χ4n) is 2.19. The number of nitrogens with two attached hydrogens (primary N) is 1. The molecular formula is C13H17FN2O. The summed E-state index contributed by atoms with van der Waals surface area (Å²) in [4.78, 5) is 13.6. The number of carbonyl (C=O) groups is 1. The lowest BCUT2D eigenvalue weighted by Gasteiger charge is -2.17. The highest BCUT2D eigenvalue weighted by Crippen LogP contribution is 2.34. The van der Waals surface area contributed by atoms with E-state index < -0.39 is 6.04 Å². The Morgan fingerprint density at radius 1 is 1.41 bits per heavy atom. The minimum absolute atomic E-state index is 0.123. The van der Waals surface area contributed by atoms with Gasteiger partial charge in [-0.05, 0) is 24.6 Å². The molecule has 1 atom stereocenters. The van der Waals surface area contributed by atoms with Gasteiger partial charge in [0, 0.05) is 17.8 Å². The third-order valence-electron chi connectivity index (χ3n) is 3.13. The Morgan fingerprint density at radius 3 is 2.88 bits per heavy atom. The number of fused-ring (bicyclic) bond motifs is 1. The van der Waals surface area contributed by atoms with Crippen molar-refractivity contribution < 1.29 is 9.18 Å². The van der Waals surface area contributed by atoms with Crippen molar-refractivity contribution in [1.29, 1.82) is 0 Å². The Kier molecular flexibility index (Phi) is 3.43. The summed E-state index contributed by atoms with van der Waals surface area (Å²) in [5.41, 5.74) is 7.16. The van der Waals surface area contributed by atoms with E-state index >= 15 is 0 Å². The summed E-state index contributed by atoms with van der Waals surface area (Å²) in [6, 6.07) is 3.66. The van der Waals surface area contributed by atoms with Crippen LogP contribution >= 0.6 is 0 Å². The first-order valence-corrected chi connectivity index (χ1v) is 6.01. The number of amides is 1. The molecule has 0 saturated carbocycles. The predicted octanol–water partition coefficient (Wildman–Crippen LogP) is 2.36. The van der Waals surface area contributed by atoms with Crippen LogP contribution in [0, 0.1) is 5.82 Å². The van der Waals surface area contributed by atoms with Gasteiger partial charge in [-0.25, -0.2) is 4.39 Å². The lowest BCUT2D eigenvalue weighted by Crippen LogP contribution is -2.32. The molecule has 1 amide bonds. The van der Waals surface area contributed by atoms with Crippen molar-refractivity contribution in [2.45, 2.75) is 32.2 Å². The topological polar surface area (TPSA) is 46.3 Å². The lowest BCUT2D eigenvalue weighted by molar-refractivity contribution is -0.119. The molecule has 1 aliphatic heterocycles. The third-order valence-corrected chi connectivity index (χ3v) is 3.13. The number of halogens is 1. The molecule has 1 aromatic rings. The molecule has 3 nitrogen and oxygen atoms in total. The van der Waals surface area contributed by atoms with Gasteiger partial charge in [0.2, 0.25) is 5.91 Å². The van der Waals surface area contributed by atoms with Crippen LogP contribution in [0.2, 0.25) is 0 Å². The van der Waals surface area contributed by atoms with E-state index in [9.17, 15) is 9.18 Å². The van der Waals surface area contributed by atoms with Gasteiger partial charge in [-0.1, -0.05) is 19.8 Å². The Labute approximate surface area is 100 Å². The number of hydrogen-bond donors (Lipinski definition) is 1. The number of anilines is 1. The number of unbranched alkanes of at least 4 members (excludes halogenated alkanes) is 2. The van der Waals surface area contributed by atoms with Crippen molar-refractivity contribution in [3.63, 3.8) is 0 Å². The van der Waals surface area contributed by atoms with Crippen LogP contribution in [0.4, 0.5) is 10.1 Å². The first-order valence-electron chi connectivity index (χ1n) is 6.01. The van der Waals surface area contributed by atoms with Crippen molar-refractivity contribution in [2.75, 3.05) is 11.4 Å². The van der Waals surface area contributed by atoms with Crippen LogP contribution in [0.15, 0.2) is 18.2 Å². The van der Waals surface area contributed by atoms with Crippen LogP contribution in [0.3, 0.4) is 0 Å². The van der Waals surface area contributed by atoms with Crippen molar-refractivity contribution in [3.05, 3.63) is 29.6 Å². The third kappa shape index (κ3) is 2.17. The Balaban J connectivity index is 2.22. The number of benzene rings is 1. The maximum atomic E-state index is 13.1. The molecular weight excluding hydrogens is 219 g/mol. The molecule has 92 valence electrons. The van der Waals surface area contributed by atoms with Gasteiger partial charge < -0.3 is 10.6 Å².